The highest BCUT2D eigenvalue weighted by Gasteiger charge is 2.53. The molecule has 3 heterocycles. The zero-order valence-electron chi connectivity index (χ0n) is 19.4. The Hall–Kier alpha value is -3.49. The number of carbonyl (C=O) groups excluding carboxylic acids is 2. The van der Waals surface area contributed by atoms with Crippen LogP contribution in [0.2, 0.25) is 0 Å². The number of benzene rings is 2. The van der Waals surface area contributed by atoms with E-state index in [4.69, 9.17) is 0 Å². The summed E-state index contributed by atoms with van der Waals surface area (Å²) in [6, 6.07) is 19.9. The number of para-hydroxylation sites is 1. The monoisotopic (exact) mass is 458 g/mol. The molecule has 2 aliphatic heterocycles. The maximum Gasteiger partial charge on any atom is 0.326 e. The molecule has 2 saturated heterocycles. The molecular formula is C26H30N6O2. The molecule has 8 heteroatoms. The predicted octanol–water partition coefficient (Wildman–Crippen LogP) is 2.85. The van der Waals surface area contributed by atoms with Crippen LogP contribution >= 0.6 is 0 Å². The lowest BCUT2D eigenvalue weighted by Crippen LogP contribution is -2.58. The molecule has 1 atom stereocenters. The minimum absolute atomic E-state index is 0.123. The molecule has 8 nitrogen and oxygen atoms in total. The number of carbonyl (C=O) groups is 2. The average Bonchev–Trinajstić information content (AvgIpc) is 3.39. The van der Waals surface area contributed by atoms with E-state index in [2.05, 4.69) is 27.4 Å². The van der Waals surface area contributed by atoms with Gasteiger partial charge in [0.2, 0.25) is 0 Å². The van der Waals surface area contributed by atoms with Gasteiger partial charge in [0.1, 0.15) is 5.54 Å². The summed E-state index contributed by atoms with van der Waals surface area (Å²) in [6.07, 6.45) is 5.34. The van der Waals surface area contributed by atoms with Gasteiger partial charge in [-0.25, -0.2) is 14.4 Å². The van der Waals surface area contributed by atoms with Crippen LogP contribution in [0.5, 0.6) is 0 Å². The topological polar surface area (TPSA) is 73.7 Å². The molecule has 5 rings (SSSR count). The van der Waals surface area contributed by atoms with Gasteiger partial charge in [-0.05, 0) is 44.1 Å². The molecule has 1 aromatic heterocycles. The van der Waals surface area contributed by atoms with Crippen molar-refractivity contribution in [2.45, 2.75) is 31.5 Å². The Kier molecular flexibility index (Phi) is 6.17. The van der Waals surface area contributed by atoms with Crippen LogP contribution in [0, 0.1) is 0 Å². The molecule has 0 radical (unpaired) electrons. The molecule has 2 aromatic carbocycles. The van der Waals surface area contributed by atoms with Crippen LogP contribution in [-0.4, -0.2) is 68.8 Å². The number of nitrogens with zero attached hydrogens (tertiary/aromatic N) is 5. The van der Waals surface area contributed by atoms with Gasteiger partial charge in [-0.1, -0.05) is 48.5 Å². The summed E-state index contributed by atoms with van der Waals surface area (Å²) in [5, 5.41) is 7.47. The average molecular weight is 459 g/mol. The second-order valence-electron chi connectivity index (χ2n) is 9.33. The third-order valence-electron chi connectivity index (χ3n) is 6.56. The fraction of sp³-hybridized carbons (Fsp3) is 0.346. The fourth-order valence-corrected chi connectivity index (χ4v) is 4.97. The van der Waals surface area contributed by atoms with E-state index in [0.29, 0.717) is 19.5 Å². The Labute approximate surface area is 199 Å². The molecular weight excluding hydrogens is 428 g/mol. The van der Waals surface area contributed by atoms with Gasteiger partial charge in [0.05, 0.1) is 18.6 Å². The van der Waals surface area contributed by atoms with Gasteiger partial charge < -0.3 is 5.32 Å². The second-order valence-corrected chi connectivity index (χ2v) is 9.33. The van der Waals surface area contributed by atoms with Crippen LogP contribution in [0.25, 0.3) is 5.69 Å². The fourth-order valence-electron chi connectivity index (χ4n) is 4.97. The molecule has 3 amide bonds. The summed E-state index contributed by atoms with van der Waals surface area (Å²) < 4.78 is 1.83. The number of urea groups is 1. The van der Waals surface area contributed by atoms with Crippen LogP contribution < -0.4 is 5.32 Å². The highest BCUT2D eigenvalue weighted by atomic mass is 16.2. The number of nitrogens with one attached hydrogen (secondary N) is 1. The minimum Gasteiger partial charge on any atom is -0.322 e. The molecule has 1 spiro atoms. The van der Waals surface area contributed by atoms with Gasteiger partial charge in [-0.15, -0.1) is 0 Å². The number of aromatic nitrogens is 2. The van der Waals surface area contributed by atoms with Gasteiger partial charge in [0, 0.05) is 31.4 Å². The molecule has 0 saturated carbocycles. The van der Waals surface area contributed by atoms with E-state index >= 15 is 0 Å². The second kappa shape index (κ2) is 9.40. The lowest BCUT2D eigenvalue weighted by Gasteiger charge is -2.38. The zero-order valence-corrected chi connectivity index (χ0v) is 19.4. The molecule has 1 N–H and O–H groups in total. The summed E-state index contributed by atoms with van der Waals surface area (Å²) in [6.45, 7) is 3.05. The van der Waals surface area contributed by atoms with Crippen LogP contribution in [0.4, 0.5) is 4.79 Å². The van der Waals surface area contributed by atoms with E-state index in [1.54, 1.807) is 0 Å². The van der Waals surface area contributed by atoms with Crippen molar-refractivity contribution in [3.05, 3.63) is 84.2 Å². The van der Waals surface area contributed by atoms with Crippen molar-refractivity contribution >= 4 is 11.9 Å². The van der Waals surface area contributed by atoms with Crippen molar-refractivity contribution in [3.63, 3.8) is 0 Å². The number of likely N-dealkylation sites (tertiary alicyclic amines) is 1. The molecule has 0 aliphatic carbocycles. The van der Waals surface area contributed by atoms with E-state index in [1.165, 1.54) is 10.5 Å². The molecule has 34 heavy (non-hydrogen) atoms. The van der Waals surface area contributed by atoms with Crippen molar-refractivity contribution in [3.8, 4) is 5.69 Å². The Bertz CT molecular complexity index is 1150. The van der Waals surface area contributed by atoms with Gasteiger partial charge in [0.25, 0.3) is 5.91 Å². The Balaban J connectivity index is 1.21. The standard InChI is InChI=1S/C26H30N6O2/c1-29(16-22-15-27-32(18-22)23-11-6-3-7-12-23)20-31-24(33)26(28-25(31)34)13-8-14-30(19-26)17-21-9-4-2-5-10-21/h2-7,9-12,15,18H,8,13-14,16-17,19-20H2,1H3,(H,28,34). The SMILES string of the molecule is CN(Cc1cnn(-c2ccccc2)c1)CN1C(=O)NC2(CCCN(Cc3ccccc3)C2)C1=O. The van der Waals surface area contributed by atoms with Crippen LogP contribution in [0.3, 0.4) is 0 Å². The Morgan fingerprint density at radius 2 is 1.76 bits per heavy atom. The molecule has 2 aliphatic rings. The van der Waals surface area contributed by atoms with E-state index < -0.39 is 5.54 Å². The number of amides is 3. The number of piperidine rings is 1. The molecule has 2 fully saturated rings. The normalized spacial score (nSPS) is 20.9. The number of hydrogen-bond acceptors (Lipinski definition) is 5. The maximum absolute atomic E-state index is 13.4. The number of rotatable bonds is 7. The Morgan fingerprint density at radius 3 is 2.53 bits per heavy atom. The van der Waals surface area contributed by atoms with Gasteiger partial charge >= 0.3 is 6.03 Å². The summed E-state index contributed by atoms with van der Waals surface area (Å²) in [5.74, 6) is -0.123. The third kappa shape index (κ3) is 4.60. The van der Waals surface area contributed by atoms with Crippen molar-refractivity contribution in [1.29, 1.82) is 0 Å². The summed E-state index contributed by atoms with van der Waals surface area (Å²) in [5.41, 5.74) is 2.39. The van der Waals surface area contributed by atoms with Crippen molar-refractivity contribution in [1.82, 2.24) is 29.8 Å². The van der Waals surface area contributed by atoms with Gasteiger partial charge in [-0.3, -0.25) is 14.6 Å². The lowest BCUT2D eigenvalue weighted by molar-refractivity contribution is -0.134. The minimum atomic E-state index is -0.830. The van der Waals surface area contributed by atoms with Crippen molar-refractivity contribution in [2.75, 3.05) is 26.8 Å². The van der Waals surface area contributed by atoms with Crippen LogP contribution in [0.15, 0.2) is 73.1 Å². The maximum atomic E-state index is 13.4. The van der Waals surface area contributed by atoms with Gasteiger partial charge in [0.15, 0.2) is 0 Å². The number of imide groups is 1. The quantitative estimate of drug-likeness (QED) is 0.551. The van der Waals surface area contributed by atoms with E-state index in [0.717, 1.165) is 30.8 Å². The van der Waals surface area contributed by atoms with Crippen LogP contribution in [0.1, 0.15) is 24.0 Å². The molecule has 0 bridgehead atoms. The first-order valence-corrected chi connectivity index (χ1v) is 11.7. The molecule has 176 valence electrons. The van der Waals surface area contributed by atoms with Crippen LogP contribution in [-0.2, 0) is 17.9 Å². The lowest BCUT2D eigenvalue weighted by atomic mass is 9.88. The summed E-state index contributed by atoms with van der Waals surface area (Å²) >= 11 is 0. The number of hydrogen-bond donors (Lipinski definition) is 1. The predicted molar refractivity (Wildman–Crippen MR) is 129 cm³/mol. The van der Waals surface area contributed by atoms with E-state index in [9.17, 15) is 9.59 Å². The Morgan fingerprint density at radius 1 is 1.03 bits per heavy atom. The molecule has 1 unspecified atom stereocenters. The third-order valence-corrected chi connectivity index (χ3v) is 6.56. The first-order valence-electron chi connectivity index (χ1n) is 11.7. The van der Waals surface area contributed by atoms with Gasteiger partial charge in [-0.2, -0.15) is 5.10 Å². The summed E-state index contributed by atoms with van der Waals surface area (Å²) in [7, 11) is 1.91. The first kappa shape index (κ1) is 22.3. The van der Waals surface area contributed by atoms with E-state index in [-0.39, 0.29) is 18.6 Å². The van der Waals surface area contributed by atoms with Crippen molar-refractivity contribution < 1.29 is 9.59 Å². The van der Waals surface area contributed by atoms with Crippen molar-refractivity contribution in [2.24, 2.45) is 0 Å². The highest BCUT2D eigenvalue weighted by Crippen LogP contribution is 2.29. The summed E-state index contributed by atoms with van der Waals surface area (Å²) in [4.78, 5) is 31.9. The van der Waals surface area contributed by atoms with E-state index in [1.807, 2.05) is 77.6 Å². The first-order chi connectivity index (χ1) is 16.5. The smallest absolute Gasteiger partial charge is 0.322 e. The molecule has 3 aromatic rings. The largest absolute Gasteiger partial charge is 0.326 e. The highest BCUT2D eigenvalue weighted by molar-refractivity contribution is 6.07. The zero-order chi connectivity index (χ0) is 23.5.